The number of nitrogens with one attached hydrogen (secondary N) is 3. The van der Waals surface area contributed by atoms with Gasteiger partial charge in [0.2, 0.25) is 0 Å². The average molecular weight is 738 g/mol. The Morgan fingerprint density at radius 1 is 1.17 bits per heavy atom. The first kappa shape index (κ1) is 39.6. The lowest BCUT2D eigenvalue weighted by Gasteiger charge is -2.32. The summed E-state index contributed by atoms with van der Waals surface area (Å²) in [7, 11) is 0. The van der Waals surface area contributed by atoms with Gasteiger partial charge in [-0.15, -0.1) is 0 Å². The second-order valence-electron chi connectivity index (χ2n) is 12.0. The number of imidazole rings is 1. The fourth-order valence-electron chi connectivity index (χ4n) is 5.79. The quantitative estimate of drug-likeness (QED) is 0.0590. The minimum absolute atomic E-state index is 0.00152. The third kappa shape index (κ3) is 10.7. The van der Waals surface area contributed by atoms with Crippen molar-refractivity contribution in [1.82, 2.24) is 39.7 Å². The minimum atomic E-state index is -4.89. The lowest BCUT2D eigenvalue weighted by Crippen LogP contribution is -2.49. The van der Waals surface area contributed by atoms with Crippen LogP contribution in [0.4, 0.5) is 33.5 Å². The average Bonchev–Trinajstić information content (AvgIpc) is 3.69. The molecule has 0 aliphatic carbocycles. The van der Waals surface area contributed by atoms with Crippen LogP contribution in [0.25, 0.3) is 16.9 Å². The number of rotatable bonds is 17. The molecule has 282 valence electrons. The Balaban J connectivity index is 0.00000195. The number of benzene rings is 1. The van der Waals surface area contributed by atoms with Gasteiger partial charge in [0.05, 0.1) is 24.0 Å². The van der Waals surface area contributed by atoms with Crippen molar-refractivity contribution >= 4 is 35.5 Å². The summed E-state index contributed by atoms with van der Waals surface area (Å²) in [4.78, 5) is 43.1. The molecule has 5 rings (SSSR count). The topological polar surface area (TPSA) is 179 Å². The zero-order valence-corrected chi connectivity index (χ0v) is 28.2. The van der Waals surface area contributed by atoms with Gasteiger partial charge in [-0.1, -0.05) is 13.3 Å². The van der Waals surface area contributed by atoms with Gasteiger partial charge in [0.1, 0.15) is 6.54 Å². The van der Waals surface area contributed by atoms with Crippen LogP contribution in [-0.2, 0) is 28.7 Å². The molecule has 0 unspecified atom stereocenters. The first-order valence-electron chi connectivity index (χ1n) is 16.5. The molecular formula is C33H40F5N9O5. The second-order valence-corrected chi connectivity index (χ2v) is 12.0. The van der Waals surface area contributed by atoms with Gasteiger partial charge in [0.25, 0.3) is 18.8 Å². The minimum Gasteiger partial charge on any atom is -0.483 e. The number of carboxylic acid groups (broad SMARTS) is 2. The summed E-state index contributed by atoms with van der Waals surface area (Å²) in [5.74, 6) is -0.348. The predicted molar refractivity (Wildman–Crippen MR) is 180 cm³/mol. The van der Waals surface area contributed by atoms with E-state index in [4.69, 9.17) is 9.90 Å². The number of amides is 1. The van der Waals surface area contributed by atoms with E-state index in [0.717, 1.165) is 50.7 Å². The first-order valence-corrected chi connectivity index (χ1v) is 16.5. The SMILES string of the molecule is CCc1cc(Nc2nccn3c(-c4cn(CC(F)F)nc4C(F)(F)F)cnc23)ccc1C(=O)NCCCCCN(CC(=O)O)CC1CNC1.O=CO. The highest BCUT2D eigenvalue weighted by Gasteiger charge is 2.38. The van der Waals surface area contributed by atoms with Gasteiger partial charge in [0.15, 0.2) is 17.2 Å². The molecule has 4 heterocycles. The molecular weight excluding hydrogens is 697 g/mol. The number of aliphatic carboxylic acids is 1. The van der Waals surface area contributed by atoms with Gasteiger partial charge in [-0.05, 0) is 55.5 Å². The Labute approximate surface area is 295 Å². The summed E-state index contributed by atoms with van der Waals surface area (Å²) >= 11 is 0. The normalized spacial score (nSPS) is 13.2. The Bertz CT molecular complexity index is 1810. The van der Waals surface area contributed by atoms with E-state index < -0.39 is 36.4 Å². The number of hydrogen-bond acceptors (Lipinski definition) is 9. The number of hydrogen-bond donors (Lipinski definition) is 5. The maximum absolute atomic E-state index is 13.8. The van der Waals surface area contributed by atoms with Crippen LogP contribution in [0.15, 0.2) is 43.0 Å². The van der Waals surface area contributed by atoms with Crippen LogP contribution in [0.3, 0.4) is 0 Å². The number of aromatic nitrogens is 5. The summed E-state index contributed by atoms with van der Waals surface area (Å²) in [6.07, 6.45) is 0.0953. The number of anilines is 2. The zero-order chi connectivity index (χ0) is 37.8. The Morgan fingerprint density at radius 3 is 2.56 bits per heavy atom. The van der Waals surface area contributed by atoms with E-state index in [1.54, 1.807) is 18.2 Å². The molecule has 52 heavy (non-hydrogen) atoms. The van der Waals surface area contributed by atoms with Crippen molar-refractivity contribution in [3.63, 3.8) is 0 Å². The number of unbranched alkanes of at least 4 members (excludes halogenated alkanes) is 2. The summed E-state index contributed by atoms with van der Waals surface area (Å²) in [5.41, 5.74) is 0.323. The fraction of sp³-hybridized carbons (Fsp3) is 0.455. The van der Waals surface area contributed by atoms with Crippen molar-refractivity contribution in [2.45, 2.75) is 51.8 Å². The highest BCUT2D eigenvalue weighted by Crippen LogP contribution is 2.37. The number of carbonyl (C=O) groups excluding carboxylic acids is 1. The van der Waals surface area contributed by atoms with Crippen molar-refractivity contribution in [2.24, 2.45) is 5.92 Å². The number of alkyl halides is 5. The van der Waals surface area contributed by atoms with E-state index in [-0.39, 0.29) is 36.1 Å². The van der Waals surface area contributed by atoms with Gasteiger partial charge in [0, 0.05) is 56.0 Å². The van der Waals surface area contributed by atoms with E-state index in [1.165, 1.54) is 23.0 Å². The van der Waals surface area contributed by atoms with E-state index >= 15 is 0 Å². The van der Waals surface area contributed by atoms with Crippen molar-refractivity contribution in [3.05, 3.63) is 59.8 Å². The van der Waals surface area contributed by atoms with Crippen LogP contribution in [0, 0.1) is 5.92 Å². The molecule has 0 spiro atoms. The number of aryl methyl sites for hydroxylation is 1. The Hall–Kier alpha value is -5.17. The molecule has 0 radical (unpaired) electrons. The summed E-state index contributed by atoms with van der Waals surface area (Å²) in [6.45, 7) is 4.43. The van der Waals surface area contributed by atoms with Crippen molar-refractivity contribution in [2.75, 3.05) is 44.6 Å². The van der Waals surface area contributed by atoms with Crippen LogP contribution in [0.1, 0.15) is 47.8 Å². The van der Waals surface area contributed by atoms with E-state index in [0.29, 0.717) is 41.4 Å². The molecule has 0 bridgehead atoms. The molecule has 4 aromatic rings. The van der Waals surface area contributed by atoms with Crippen molar-refractivity contribution in [1.29, 1.82) is 0 Å². The standard InChI is InChI=1S/C32H38F5N9O3.CH2O2/c1-2-21-12-22(6-7-23(21)31(49)40-8-4-3-5-10-44(19-27(47)48)16-20-13-38-14-20)42-29-30-41-15-25(46(30)11-9-39-29)24-17-45(18-26(33)34)43-28(24)32(35,36)37;2-1-3/h6-7,9,11-12,15,17,20,26,38H,2-5,8,10,13-14,16,18-19H2,1H3,(H,39,42)(H,40,49)(H,47,48);1H,(H,2,3). The molecule has 1 saturated heterocycles. The molecule has 1 aliphatic rings. The van der Waals surface area contributed by atoms with Crippen LogP contribution >= 0.6 is 0 Å². The van der Waals surface area contributed by atoms with Crippen LogP contribution in [0.5, 0.6) is 0 Å². The molecule has 1 aliphatic heterocycles. The molecule has 1 aromatic carbocycles. The maximum atomic E-state index is 13.8. The van der Waals surface area contributed by atoms with Crippen LogP contribution in [0.2, 0.25) is 0 Å². The zero-order valence-electron chi connectivity index (χ0n) is 28.2. The second kappa shape index (κ2) is 18.4. The molecule has 3 aromatic heterocycles. The summed E-state index contributed by atoms with van der Waals surface area (Å²) in [5, 5.41) is 28.7. The van der Waals surface area contributed by atoms with Gasteiger partial charge in [-0.25, -0.2) is 18.7 Å². The number of nitrogens with zero attached hydrogens (tertiary/aromatic N) is 6. The number of fused-ring (bicyclic) bond motifs is 1. The molecule has 1 fully saturated rings. The number of carboxylic acids is 1. The predicted octanol–water partition coefficient (Wildman–Crippen LogP) is 4.39. The van der Waals surface area contributed by atoms with E-state index in [9.17, 15) is 36.6 Å². The first-order chi connectivity index (χ1) is 24.8. The summed E-state index contributed by atoms with van der Waals surface area (Å²) in [6, 6.07) is 5.16. The monoisotopic (exact) mass is 737 g/mol. The smallest absolute Gasteiger partial charge is 0.435 e. The molecule has 19 heteroatoms. The maximum Gasteiger partial charge on any atom is 0.435 e. The Morgan fingerprint density at radius 2 is 1.92 bits per heavy atom. The fourth-order valence-corrected chi connectivity index (χ4v) is 5.79. The molecule has 1 amide bonds. The lowest BCUT2D eigenvalue weighted by molar-refractivity contribution is -0.141. The highest BCUT2D eigenvalue weighted by molar-refractivity contribution is 5.96. The number of carbonyl (C=O) groups is 3. The largest absolute Gasteiger partial charge is 0.483 e. The third-order valence-electron chi connectivity index (χ3n) is 8.23. The van der Waals surface area contributed by atoms with Gasteiger partial charge < -0.3 is 26.2 Å². The van der Waals surface area contributed by atoms with E-state index in [2.05, 4.69) is 31.0 Å². The van der Waals surface area contributed by atoms with Gasteiger partial charge >= 0.3 is 12.1 Å². The number of halogens is 5. The molecule has 0 atom stereocenters. The molecule has 14 nitrogen and oxygen atoms in total. The van der Waals surface area contributed by atoms with Gasteiger partial charge in [-0.3, -0.25) is 28.4 Å². The van der Waals surface area contributed by atoms with Gasteiger partial charge in [-0.2, -0.15) is 18.3 Å². The molecule has 5 N–H and O–H groups in total. The van der Waals surface area contributed by atoms with Crippen molar-refractivity contribution in [3.8, 4) is 11.3 Å². The van der Waals surface area contributed by atoms with Crippen LogP contribution in [-0.4, -0.2) is 103 Å². The summed E-state index contributed by atoms with van der Waals surface area (Å²) < 4.78 is 69.1. The third-order valence-corrected chi connectivity index (χ3v) is 8.23. The van der Waals surface area contributed by atoms with Crippen molar-refractivity contribution < 1.29 is 46.5 Å². The highest BCUT2D eigenvalue weighted by atomic mass is 19.4. The lowest BCUT2D eigenvalue weighted by atomic mass is 10.0. The molecule has 0 saturated carbocycles. The Kier molecular flexibility index (Phi) is 14.0. The van der Waals surface area contributed by atoms with E-state index in [1.807, 2.05) is 11.8 Å². The van der Waals surface area contributed by atoms with Crippen LogP contribution < -0.4 is 16.0 Å².